The van der Waals surface area contributed by atoms with Crippen LogP contribution in [0.4, 0.5) is 4.79 Å². The Kier molecular flexibility index (Phi) is 7.84. The third kappa shape index (κ3) is 7.65. The third-order valence-electron chi connectivity index (χ3n) is 3.65. The monoisotopic (exact) mass is 352 g/mol. The molecule has 138 valence electrons. The summed E-state index contributed by atoms with van der Waals surface area (Å²) < 4.78 is 5.23. The van der Waals surface area contributed by atoms with Crippen molar-refractivity contribution in [3.05, 3.63) is 20.9 Å². The van der Waals surface area contributed by atoms with E-state index in [4.69, 9.17) is 15.8 Å². The fourth-order valence-corrected chi connectivity index (χ4v) is 2.67. The molecule has 1 fully saturated rings. The number of nitrogens with zero attached hydrogens (tertiary/aromatic N) is 7. The van der Waals surface area contributed by atoms with Crippen molar-refractivity contribution in [3.8, 4) is 0 Å². The molecule has 11 nitrogen and oxygen atoms in total. The first-order chi connectivity index (χ1) is 11.8. The molecule has 0 aliphatic heterocycles. The van der Waals surface area contributed by atoms with Gasteiger partial charge in [0.05, 0.1) is 13.3 Å². The van der Waals surface area contributed by atoms with Crippen molar-refractivity contribution in [2.75, 3.05) is 13.3 Å². The largest absolute Gasteiger partial charge is 0.444 e. The van der Waals surface area contributed by atoms with E-state index in [1.807, 2.05) is 0 Å². The number of carbonyl (C=O) groups is 2. The molecular formula is C14H24N8O3. The van der Waals surface area contributed by atoms with E-state index in [-0.39, 0.29) is 31.2 Å². The van der Waals surface area contributed by atoms with Crippen molar-refractivity contribution in [3.63, 3.8) is 0 Å². The summed E-state index contributed by atoms with van der Waals surface area (Å²) in [6.45, 7) is 4.94. The zero-order valence-electron chi connectivity index (χ0n) is 14.8. The van der Waals surface area contributed by atoms with Gasteiger partial charge in [-0.25, -0.2) is 4.79 Å². The minimum atomic E-state index is -0.588. The van der Waals surface area contributed by atoms with Crippen LogP contribution in [0.3, 0.4) is 0 Å². The summed E-state index contributed by atoms with van der Waals surface area (Å²) in [5.41, 5.74) is 16.3. The van der Waals surface area contributed by atoms with Gasteiger partial charge in [-0.2, -0.15) is 0 Å². The van der Waals surface area contributed by atoms with E-state index in [2.05, 4.69) is 25.4 Å². The fourth-order valence-electron chi connectivity index (χ4n) is 2.67. The van der Waals surface area contributed by atoms with Crippen LogP contribution in [0.25, 0.3) is 20.9 Å². The first-order valence-electron chi connectivity index (χ1n) is 8.07. The number of amides is 2. The highest BCUT2D eigenvalue weighted by Gasteiger charge is 2.31. The number of alkyl carbamates (subject to hydrolysis) is 1. The molecule has 0 saturated heterocycles. The number of ether oxygens (including phenoxy) is 1. The fraction of sp³-hybridized carbons (Fsp3) is 0.857. The molecule has 1 saturated carbocycles. The van der Waals surface area contributed by atoms with Crippen LogP contribution in [0.1, 0.15) is 46.5 Å². The zero-order chi connectivity index (χ0) is 18.9. The smallest absolute Gasteiger partial charge is 0.407 e. The molecule has 1 aliphatic carbocycles. The quantitative estimate of drug-likeness (QED) is 0.442. The van der Waals surface area contributed by atoms with Gasteiger partial charge >= 0.3 is 6.09 Å². The summed E-state index contributed by atoms with van der Waals surface area (Å²) in [6, 6.07) is -0.168. The number of hydrogen-bond acceptors (Lipinski definition) is 5. The Morgan fingerprint density at radius 1 is 1.20 bits per heavy atom. The SMILES string of the molecule is CC(C)(C)OC(=O)N[C@H]1CCC[C@H](C(=O)N(CN=[N+]=[N-])CN=[N+]=[N-])C1. The molecule has 1 rings (SSSR count). The molecule has 2 atom stereocenters. The van der Waals surface area contributed by atoms with E-state index in [0.29, 0.717) is 12.8 Å². The van der Waals surface area contributed by atoms with Gasteiger partial charge in [0.1, 0.15) is 5.60 Å². The number of azide groups is 2. The van der Waals surface area contributed by atoms with Gasteiger partial charge in [0.25, 0.3) is 0 Å². The Hall–Kier alpha value is -2.64. The van der Waals surface area contributed by atoms with Gasteiger partial charge in [-0.3, -0.25) is 4.79 Å². The molecule has 0 aromatic carbocycles. The first-order valence-corrected chi connectivity index (χ1v) is 8.07. The van der Waals surface area contributed by atoms with Gasteiger partial charge in [0.2, 0.25) is 5.91 Å². The molecule has 2 amide bonds. The van der Waals surface area contributed by atoms with Gasteiger partial charge in [0.15, 0.2) is 0 Å². The van der Waals surface area contributed by atoms with E-state index < -0.39 is 11.7 Å². The predicted molar refractivity (Wildman–Crippen MR) is 90.0 cm³/mol. The minimum absolute atomic E-state index is 0.168. The Balaban J connectivity index is 2.67. The maximum atomic E-state index is 12.6. The maximum Gasteiger partial charge on any atom is 0.407 e. The summed E-state index contributed by atoms with van der Waals surface area (Å²) in [5, 5.41) is 9.51. The second kappa shape index (κ2) is 9.61. The van der Waals surface area contributed by atoms with Crippen molar-refractivity contribution in [1.82, 2.24) is 10.2 Å². The number of rotatable bonds is 6. The van der Waals surface area contributed by atoms with Gasteiger partial charge in [-0.1, -0.05) is 16.6 Å². The highest BCUT2D eigenvalue weighted by Crippen LogP contribution is 2.26. The Bertz CT molecular complexity index is 555. The molecule has 25 heavy (non-hydrogen) atoms. The Morgan fingerprint density at radius 3 is 2.32 bits per heavy atom. The normalized spacial score (nSPS) is 19.8. The average Bonchev–Trinajstić information content (AvgIpc) is 2.53. The standard InChI is InChI=1S/C14H24N8O3/c1-14(2,3)25-13(24)19-11-6-4-5-10(7-11)12(23)22(8-17-20-15)9-18-21-16/h10-11H,4-9H2,1-3H3,(H,19,24)/t10-,11-/m0/s1. The summed E-state index contributed by atoms with van der Waals surface area (Å²) in [5.74, 6) is -0.591. The third-order valence-corrected chi connectivity index (χ3v) is 3.65. The second-order valence-electron chi connectivity index (χ2n) is 6.83. The number of hydrogen-bond donors (Lipinski definition) is 1. The summed E-state index contributed by atoms with van der Waals surface area (Å²) in [4.78, 5) is 30.9. The summed E-state index contributed by atoms with van der Waals surface area (Å²) in [7, 11) is 0. The van der Waals surface area contributed by atoms with Crippen molar-refractivity contribution < 1.29 is 14.3 Å². The van der Waals surface area contributed by atoms with Crippen LogP contribution < -0.4 is 5.32 Å². The Labute approximate surface area is 145 Å². The van der Waals surface area contributed by atoms with Crippen LogP contribution in [0.5, 0.6) is 0 Å². The van der Waals surface area contributed by atoms with Crippen molar-refractivity contribution in [2.24, 2.45) is 16.1 Å². The molecule has 0 spiro atoms. The molecule has 1 N–H and O–H groups in total. The molecule has 0 heterocycles. The van der Waals surface area contributed by atoms with Gasteiger partial charge in [-0.05, 0) is 51.1 Å². The van der Waals surface area contributed by atoms with Gasteiger partial charge < -0.3 is 15.0 Å². The zero-order valence-corrected chi connectivity index (χ0v) is 14.8. The van der Waals surface area contributed by atoms with E-state index in [0.717, 1.165) is 12.8 Å². The number of nitrogens with one attached hydrogen (secondary N) is 1. The lowest BCUT2D eigenvalue weighted by atomic mass is 9.85. The molecule has 0 aromatic rings. The molecule has 0 bridgehead atoms. The molecule has 0 unspecified atom stereocenters. The minimum Gasteiger partial charge on any atom is -0.444 e. The lowest BCUT2D eigenvalue weighted by Gasteiger charge is -2.32. The molecule has 0 aromatic heterocycles. The lowest BCUT2D eigenvalue weighted by molar-refractivity contribution is -0.136. The van der Waals surface area contributed by atoms with Gasteiger partial charge in [0, 0.05) is 21.8 Å². The molecule has 1 aliphatic rings. The highest BCUT2D eigenvalue weighted by molar-refractivity contribution is 5.79. The predicted octanol–water partition coefficient (Wildman–Crippen LogP) is 3.43. The summed E-state index contributed by atoms with van der Waals surface area (Å²) in [6.07, 6.45) is 2.14. The van der Waals surface area contributed by atoms with E-state index in [9.17, 15) is 9.59 Å². The van der Waals surface area contributed by atoms with Gasteiger partial charge in [-0.15, -0.1) is 0 Å². The topological polar surface area (TPSA) is 156 Å². The van der Waals surface area contributed by atoms with Crippen molar-refractivity contribution >= 4 is 12.0 Å². The summed E-state index contributed by atoms with van der Waals surface area (Å²) >= 11 is 0. The molecular weight excluding hydrogens is 328 g/mol. The van der Waals surface area contributed by atoms with Crippen molar-refractivity contribution in [2.45, 2.75) is 58.1 Å². The van der Waals surface area contributed by atoms with E-state index in [1.165, 1.54) is 4.90 Å². The van der Waals surface area contributed by atoms with Crippen LogP contribution in [-0.2, 0) is 9.53 Å². The lowest BCUT2D eigenvalue weighted by Crippen LogP contribution is -2.45. The average molecular weight is 352 g/mol. The first kappa shape index (κ1) is 20.4. The number of carbonyl (C=O) groups excluding carboxylic acids is 2. The van der Waals surface area contributed by atoms with Crippen LogP contribution in [-0.4, -0.2) is 41.9 Å². The van der Waals surface area contributed by atoms with Crippen LogP contribution in [0.15, 0.2) is 10.2 Å². The maximum absolute atomic E-state index is 12.6. The van der Waals surface area contributed by atoms with E-state index in [1.54, 1.807) is 20.8 Å². The molecule has 0 radical (unpaired) electrons. The second-order valence-corrected chi connectivity index (χ2v) is 6.83. The van der Waals surface area contributed by atoms with Crippen LogP contribution in [0, 0.1) is 5.92 Å². The Morgan fingerprint density at radius 2 is 1.80 bits per heavy atom. The van der Waals surface area contributed by atoms with Crippen molar-refractivity contribution in [1.29, 1.82) is 0 Å². The van der Waals surface area contributed by atoms with Crippen LogP contribution in [0.2, 0.25) is 0 Å². The van der Waals surface area contributed by atoms with Crippen LogP contribution >= 0.6 is 0 Å². The van der Waals surface area contributed by atoms with E-state index >= 15 is 0 Å². The highest BCUT2D eigenvalue weighted by atomic mass is 16.6. The molecule has 11 heteroatoms.